The molecule has 0 aromatic carbocycles. The van der Waals surface area contributed by atoms with Crippen molar-refractivity contribution in [2.24, 2.45) is 5.73 Å². The van der Waals surface area contributed by atoms with Crippen molar-refractivity contribution in [2.75, 3.05) is 0 Å². The molecule has 0 radical (unpaired) electrons. The third-order valence-corrected chi connectivity index (χ3v) is 3.12. The first-order chi connectivity index (χ1) is 7.81. The van der Waals surface area contributed by atoms with Crippen LogP contribution in [-0.4, -0.2) is 15.6 Å². The molecule has 0 fully saturated rings. The predicted octanol–water partition coefficient (Wildman–Crippen LogP) is 2.58. The molecule has 0 saturated carbocycles. The van der Waals surface area contributed by atoms with Gasteiger partial charge in [-0.25, -0.2) is 4.98 Å². The van der Waals surface area contributed by atoms with Crippen molar-refractivity contribution in [3.8, 4) is 0 Å². The second-order valence-electron chi connectivity index (χ2n) is 4.55. The third kappa shape index (κ3) is 2.53. The second kappa shape index (κ2) is 5.30. The number of rotatable bonds is 3. The number of aromatic nitrogens is 2. The fraction of sp³-hybridized carbons (Fsp3) is 0.615. The van der Waals surface area contributed by atoms with Crippen LogP contribution in [0.15, 0.2) is 18.5 Å². The lowest BCUT2D eigenvalue weighted by Crippen LogP contribution is -2.16. The van der Waals surface area contributed by atoms with Crippen molar-refractivity contribution < 1.29 is 0 Å². The number of allylic oxidation sites excluding steroid dienone is 1. The van der Waals surface area contributed by atoms with Gasteiger partial charge < -0.3 is 10.3 Å². The third-order valence-electron chi connectivity index (χ3n) is 3.12. The van der Waals surface area contributed by atoms with E-state index in [-0.39, 0.29) is 6.04 Å². The Morgan fingerprint density at radius 3 is 3.19 bits per heavy atom. The van der Waals surface area contributed by atoms with Gasteiger partial charge >= 0.3 is 0 Å². The Morgan fingerprint density at radius 1 is 1.50 bits per heavy atom. The smallest absolute Gasteiger partial charge is 0.135 e. The first kappa shape index (κ1) is 11.4. The molecule has 0 bridgehead atoms. The van der Waals surface area contributed by atoms with Crippen LogP contribution in [0.1, 0.15) is 44.9 Å². The Morgan fingerprint density at radius 2 is 2.38 bits per heavy atom. The minimum absolute atomic E-state index is 0.212. The Balaban J connectivity index is 2.24. The lowest BCUT2D eigenvalue weighted by molar-refractivity contribution is 0.653. The number of aryl methyl sites for hydroxylation is 1. The van der Waals surface area contributed by atoms with E-state index in [1.165, 1.54) is 18.4 Å². The molecular formula is C13H21N3. The summed E-state index contributed by atoms with van der Waals surface area (Å²) in [5.41, 5.74) is 7.38. The lowest BCUT2D eigenvalue weighted by Gasteiger charge is -2.09. The molecule has 0 aliphatic heterocycles. The molecule has 1 aromatic heterocycles. The second-order valence-corrected chi connectivity index (χ2v) is 4.55. The van der Waals surface area contributed by atoms with E-state index in [0.717, 1.165) is 31.6 Å². The molecule has 1 heterocycles. The largest absolute Gasteiger partial charge is 0.331 e. The topological polar surface area (TPSA) is 43.8 Å². The summed E-state index contributed by atoms with van der Waals surface area (Å²) in [6.45, 7) is 3.24. The molecule has 16 heavy (non-hydrogen) atoms. The highest BCUT2D eigenvalue weighted by molar-refractivity contribution is 5.61. The van der Waals surface area contributed by atoms with Crippen LogP contribution >= 0.6 is 0 Å². The van der Waals surface area contributed by atoms with Crippen LogP contribution in [0.4, 0.5) is 0 Å². The molecule has 1 atom stereocenters. The molecular weight excluding hydrogens is 198 g/mol. The van der Waals surface area contributed by atoms with Gasteiger partial charge in [-0.15, -0.1) is 0 Å². The highest BCUT2D eigenvalue weighted by Gasteiger charge is 2.13. The van der Waals surface area contributed by atoms with E-state index in [4.69, 9.17) is 5.73 Å². The lowest BCUT2D eigenvalue weighted by atomic mass is 10.1. The molecule has 1 unspecified atom stereocenters. The number of hydrogen-bond donors (Lipinski definition) is 1. The molecule has 3 nitrogen and oxygen atoms in total. The van der Waals surface area contributed by atoms with Crippen LogP contribution in [-0.2, 0) is 6.54 Å². The number of nitrogens with zero attached hydrogens (tertiary/aromatic N) is 2. The molecule has 0 saturated heterocycles. The highest BCUT2D eigenvalue weighted by atomic mass is 15.1. The van der Waals surface area contributed by atoms with E-state index in [1.807, 2.05) is 6.20 Å². The summed E-state index contributed by atoms with van der Waals surface area (Å²) >= 11 is 0. The normalized spacial score (nSPS) is 21.6. The van der Waals surface area contributed by atoms with Gasteiger partial charge in [0, 0.05) is 25.0 Å². The molecule has 0 spiro atoms. The Labute approximate surface area is 97.4 Å². The van der Waals surface area contributed by atoms with Gasteiger partial charge in [0.1, 0.15) is 5.82 Å². The van der Waals surface area contributed by atoms with Gasteiger partial charge in [0.05, 0.1) is 0 Å². The van der Waals surface area contributed by atoms with Gasteiger partial charge in [0.2, 0.25) is 0 Å². The summed E-state index contributed by atoms with van der Waals surface area (Å²) in [5, 5.41) is 0. The predicted molar refractivity (Wildman–Crippen MR) is 66.9 cm³/mol. The number of nitrogens with two attached hydrogens (primary N) is 1. The summed E-state index contributed by atoms with van der Waals surface area (Å²) in [6.07, 6.45) is 12.0. The maximum atomic E-state index is 6.04. The zero-order chi connectivity index (χ0) is 11.4. The van der Waals surface area contributed by atoms with Crippen molar-refractivity contribution in [1.82, 2.24) is 9.55 Å². The molecule has 1 aliphatic carbocycles. The minimum atomic E-state index is 0.212. The van der Waals surface area contributed by atoms with E-state index in [1.54, 1.807) is 0 Å². The van der Waals surface area contributed by atoms with Crippen molar-refractivity contribution in [2.45, 2.75) is 51.6 Å². The van der Waals surface area contributed by atoms with E-state index in [0.29, 0.717) is 0 Å². The minimum Gasteiger partial charge on any atom is -0.331 e. The van der Waals surface area contributed by atoms with Crippen LogP contribution in [0, 0.1) is 0 Å². The average molecular weight is 219 g/mol. The molecule has 1 aromatic rings. The van der Waals surface area contributed by atoms with Crippen molar-refractivity contribution in [3.05, 3.63) is 24.3 Å². The zero-order valence-electron chi connectivity index (χ0n) is 10.0. The van der Waals surface area contributed by atoms with E-state index >= 15 is 0 Å². The maximum absolute atomic E-state index is 6.04. The van der Waals surface area contributed by atoms with Crippen molar-refractivity contribution >= 4 is 5.57 Å². The van der Waals surface area contributed by atoms with Crippen LogP contribution in [0.3, 0.4) is 0 Å². The van der Waals surface area contributed by atoms with Gasteiger partial charge in [-0.05, 0) is 31.3 Å². The van der Waals surface area contributed by atoms with Crippen LogP contribution in [0.5, 0.6) is 0 Å². The van der Waals surface area contributed by atoms with E-state index < -0.39 is 0 Å². The maximum Gasteiger partial charge on any atom is 0.135 e. The summed E-state index contributed by atoms with van der Waals surface area (Å²) in [5.74, 6) is 1.12. The highest BCUT2D eigenvalue weighted by Crippen LogP contribution is 2.24. The molecule has 0 amide bonds. The van der Waals surface area contributed by atoms with Gasteiger partial charge in [-0.3, -0.25) is 0 Å². The summed E-state index contributed by atoms with van der Waals surface area (Å²) in [6, 6.07) is 0.212. The summed E-state index contributed by atoms with van der Waals surface area (Å²) < 4.78 is 2.24. The van der Waals surface area contributed by atoms with Crippen molar-refractivity contribution in [3.63, 3.8) is 0 Å². The molecule has 88 valence electrons. The SMILES string of the molecule is CCCn1ccnc1C1=CC(N)CCCC1. The Kier molecular flexibility index (Phi) is 3.78. The van der Waals surface area contributed by atoms with Gasteiger partial charge in [-0.2, -0.15) is 0 Å². The average Bonchev–Trinajstić information content (AvgIpc) is 2.61. The standard InChI is InChI=1S/C13H21N3/c1-2-8-16-9-7-15-13(16)11-5-3-4-6-12(14)10-11/h7,9-10,12H,2-6,8,14H2,1H3. The van der Waals surface area contributed by atoms with Crippen LogP contribution < -0.4 is 5.73 Å². The van der Waals surface area contributed by atoms with Gasteiger partial charge in [0.25, 0.3) is 0 Å². The van der Waals surface area contributed by atoms with Crippen molar-refractivity contribution in [1.29, 1.82) is 0 Å². The quantitative estimate of drug-likeness (QED) is 0.849. The summed E-state index contributed by atoms with van der Waals surface area (Å²) in [7, 11) is 0. The fourth-order valence-electron chi connectivity index (χ4n) is 2.32. The van der Waals surface area contributed by atoms with Crippen LogP contribution in [0.25, 0.3) is 5.57 Å². The first-order valence-electron chi connectivity index (χ1n) is 6.29. The van der Waals surface area contributed by atoms with Gasteiger partial charge in [0.15, 0.2) is 0 Å². The zero-order valence-corrected chi connectivity index (χ0v) is 10.0. The Bertz CT molecular complexity index is 365. The number of hydrogen-bond acceptors (Lipinski definition) is 2. The van der Waals surface area contributed by atoms with E-state index in [9.17, 15) is 0 Å². The van der Waals surface area contributed by atoms with Gasteiger partial charge in [-0.1, -0.05) is 19.4 Å². The Hall–Kier alpha value is -1.09. The molecule has 2 rings (SSSR count). The fourth-order valence-corrected chi connectivity index (χ4v) is 2.32. The van der Waals surface area contributed by atoms with E-state index in [2.05, 4.69) is 28.7 Å². The summed E-state index contributed by atoms with van der Waals surface area (Å²) in [4.78, 5) is 4.47. The molecule has 1 aliphatic rings. The van der Waals surface area contributed by atoms with Crippen LogP contribution in [0.2, 0.25) is 0 Å². The molecule has 2 N–H and O–H groups in total. The molecule has 3 heteroatoms. The monoisotopic (exact) mass is 219 g/mol. The first-order valence-corrected chi connectivity index (χ1v) is 6.29. The number of imidazole rings is 1.